The molecule has 0 saturated carbocycles. The van der Waals surface area contributed by atoms with Gasteiger partial charge in [0.1, 0.15) is 0 Å². The molecule has 2 heterocycles. The maximum atomic E-state index is 13.7. The lowest BCUT2D eigenvalue weighted by Crippen LogP contribution is -2.36. The van der Waals surface area contributed by atoms with E-state index in [4.69, 9.17) is 11.6 Å². The maximum Gasteiger partial charge on any atom is 0.397 e. The molecular formula is C28H28ClF3N2OS2. The van der Waals surface area contributed by atoms with Crippen molar-refractivity contribution in [3.8, 4) is 11.3 Å². The molecule has 0 amide bonds. The van der Waals surface area contributed by atoms with E-state index >= 15 is 0 Å². The first-order valence-corrected chi connectivity index (χ1v) is 14.0. The van der Waals surface area contributed by atoms with Crippen molar-refractivity contribution in [1.82, 2.24) is 9.71 Å². The van der Waals surface area contributed by atoms with E-state index in [1.165, 1.54) is 43.5 Å². The van der Waals surface area contributed by atoms with Crippen molar-refractivity contribution in [2.75, 3.05) is 0 Å². The second kappa shape index (κ2) is 10.1. The van der Waals surface area contributed by atoms with Gasteiger partial charge in [-0.25, -0.2) is 8.93 Å². The van der Waals surface area contributed by atoms with Crippen LogP contribution in [0.4, 0.5) is 13.2 Å². The molecule has 4 rings (SSSR count). The lowest BCUT2D eigenvalue weighted by Gasteiger charge is -2.28. The van der Waals surface area contributed by atoms with Gasteiger partial charge in [0, 0.05) is 26.4 Å². The van der Waals surface area contributed by atoms with E-state index in [1.54, 1.807) is 6.07 Å². The van der Waals surface area contributed by atoms with E-state index in [2.05, 4.69) is 9.71 Å². The first-order chi connectivity index (χ1) is 17.2. The minimum absolute atomic E-state index is 0.148. The van der Waals surface area contributed by atoms with Crippen molar-refractivity contribution in [1.29, 1.82) is 0 Å². The SMILES string of the molecule is CC(C)(C)[S@](=O)NC(c1cc2cccc(-c3cc(C(C)(C)C(F)(F)F)ccn3)c2s1)c1ccccc1Cl. The molecule has 0 aliphatic rings. The smallest absolute Gasteiger partial charge is 0.256 e. The number of halogens is 4. The Bertz CT molecular complexity index is 1460. The summed E-state index contributed by atoms with van der Waals surface area (Å²) < 4.78 is 57.9. The highest BCUT2D eigenvalue weighted by Gasteiger charge is 2.48. The Morgan fingerprint density at radius 2 is 1.68 bits per heavy atom. The average Bonchev–Trinajstić information content (AvgIpc) is 3.26. The van der Waals surface area contributed by atoms with E-state index in [0.29, 0.717) is 10.7 Å². The van der Waals surface area contributed by atoms with Gasteiger partial charge in [-0.3, -0.25) is 4.98 Å². The van der Waals surface area contributed by atoms with Crippen LogP contribution < -0.4 is 4.72 Å². The Balaban J connectivity index is 1.84. The molecule has 37 heavy (non-hydrogen) atoms. The zero-order valence-electron chi connectivity index (χ0n) is 21.1. The lowest BCUT2D eigenvalue weighted by atomic mass is 9.84. The van der Waals surface area contributed by atoms with E-state index in [1.807, 2.05) is 63.2 Å². The second-order valence-corrected chi connectivity index (χ2v) is 13.9. The van der Waals surface area contributed by atoms with Crippen molar-refractivity contribution in [2.45, 2.75) is 57.0 Å². The van der Waals surface area contributed by atoms with Crippen LogP contribution >= 0.6 is 22.9 Å². The molecule has 9 heteroatoms. The Morgan fingerprint density at radius 3 is 2.32 bits per heavy atom. The number of thiophene rings is 1. The highest BCUT2D eigenvalue weighted by atomic mass is 35.5. The topological polar surface area (TPSA) is 42.0 Å². The number of fused-ring (bicyclic) bond motifs is 1. The van der Waals surface area contributed by atoms with Crippen LogP contribution in [0.1, 0.15) is 56.7 Å². The fourth-order valence-electron chi connectivity index (χ4n) is 3.83. The van der Waals surface area contributed by atoms with Crippen LogP contribution in [0.2, 0.25) is 5.02 Å². The van der Waals surface area contributed by atoms with Gasteiger partial charge in [-0.05, 0) is 75.4 Å². The van der Waals surface area contributed by atoms with E-state index in [9.17, 15) is 17.4 Å². The average molecular weight is 565 g/mol. The quantitative estimate of drug-likeness (QED) is 0.255. The van der Waals surface area contributed by atoms with Gasteiger partial charge < -0.3 is 0 Å². The van der Waals surface area contributed by atoms with Gasteiger partial charge in [0.15, 0.2) is 0 Å². The standard InChI is InChI=1S/C28H28ClF3N2OS2/c1-26(2,3)37(35)34-24(19-10-6-7-12-21(19)29)23-15-17-9-8-11-20(25(17)36-23)22-16-18(13-14-33-22)27(4,5)28(30,31)32/h6-16,24,34H,1-5H3/t24?,37-/m0/s1. The Hall–Kier alpha value is -2.26. The predicted octanol–water partition coefficient (Wildman–Crippen LogP) is 8.60. The summed E-state index contributed by atoms with van der Waals surface area (Å²) in [4.78, 5) is 5.31. The van der Waals surface area contributed by atoms with Crippen molar-refractivity contribution >= 4 is 44.0 Å². The van der Waals surface area contributed by atoms with Gasteiger partial charge in [-0.2, -0.15) is 13.2 Å². The number of hydrogen-bond acceptors (Lipinski definition) is 3. The molecule has 2 aromatic heterocycles. The van der Waals surface area contributed by atoms with Crippen molar-refractivity contribution < 1.29 is 17.4 Å². The third-order valence-electron chi connectivity index (χ3n) is 6.31. The molecule has 1 unspecified atom stereocenters. The largest absolute Gasteiger partial charge is 0.397 e. The second-order valence-electron chi connectivity index (χ2n) is 10.4. The Labute approximate surface area is 226 Å². The normalized spacial score (nSPS) is 14.6. The minimum Gasteiger partial charge on any atom is -0.256 e. The van der Waals surface area contributed by atoms with Gasteiger partial charge in [0.2, 0.25) is 0 Å². The summed E-state index contributed by atoms with van der Waals surface area (Å²) in [5.74, 6) is 0. The summed E-state index contributed by atoms with van der Waals surface area (Å²) in [5.41, 5.74) is 0.129. The number of benzene rings is 2. The van der Waals surface area contributed by atoms with E-state index in [0.717, 1.165) is 26.1 Å². The number of pyridine rings is 1. The third kappa shape index (κ3) is 5.62. The molecule has 0 fully saturated rings. The molecule has 0 spiro atoms. The van der Waals surface area contributed by atoms with Crippen LogP contribution in [0.3, 0.4) is 0 Å². The van der Waals surface area contributed by atoms with Crippen LogP contribution in [0.25, 0.3) is 21.3 Å². The summed E-state index contributed by atoms with van der Waals surface area (Å²) in [6.07, 6.45) is -2.98. The van der Waals surface area contributed by atoms with Gasteiger partial charge in [0.25, 0.3) is 0 Å². The number of alkyl halides is 3. The highest BCUT2D eigenvalue weighted by Crippen LogP contribution is 2.43. The number of hydrogen-bond donors (Lipinski definition) is 1. The van der Waals surface area contributed by atoms with Crippen molar-refractivity contribution in [3.63, 3.8) is 0 Å². The summed E-state index contributed by atoms with van der Waals surface area (Å²) in [6.45, 7) is 8.02. The Morgan fingerprint density at radius 1 is 0.973 bits per heavy atom. The molecule has 196 valence electrons. The van der Waals surface area contributed by atoms with E-state index in [-0.39, 0.29) is 5.56 Å². The minimum atomic E-state index is -4.40. The van der Waals surface area contributed by atoms with Crippen molar-refractivity contribution in [3.05, 3.63) is 87.9 Å². The Kier molecular flexibility index (Phi) is 7.60. The molecule has 3 nitrogen and oxygen atoms in total. The fourth-order valence-corrected chi connectivity index (χ4v) is 6.22. The molecule has 2 aromatic carbocycles. The molecule has 0 radical (unpaired) electrons. The molecule has 1 N–H and O–H groups in total. The zero-order chi connectivity index (χ0) is 27.2. The number of rotatable bonds is 6. The van der Waals surface area contributed by atoms with Crippen LogP contribution in [0, 0.1) is 0 Å². The first-order valence-electron chi connectivity index (χ1n) is 11.7. The summed E-state index contributed by atoms with van der Waals surface area (Å²) >= 11 is 8.04. The summed E-state index contributed by atoms with van der Waals surface area (Å²) in [6, 6.07) is 17.6. The van der Waals surface area contributed by atoms with Gasteiger partial charge >= 0.3 is 6.18 Å². The van der Waals surface area contributed by atoms with E-state index < -0.39 is 33.4 Å². The lowest BCUT2D eigenvalue weighted by molar-refractivity contribution is -0.180. The van der Waals surface area contributed by atoms with Gasteiger partial charge in [-0.15, -0.1) is 11.3 Å². The first kappa shape index (κ1) is 27.8. The fraction of sp³-hybridized carbons (Fsp3) is 0.321. The predicted molar refractivity (Wildman–Crippen MR) is 148 cm³/mol. The van der Waals surface area contributed by atoms with Crippen LogP contribution in [0.15, 0.2) is 66.9 Å². The molecule has 0 aliphatic carbocycles. The molecule has 0 bridgehead atoms. The number of aromatic nitrogens is 1. The highest BCUT2D eigenvalue weighted by molar-refractivity contribution is 7.84. The monoisotopic (exact) mass is 564 g/mol. The van der Waals surface area contributed by atoms with Crippen LogP contribution in [-0.4, -0.2) is 20.1 Å². The summed E-state index contributed by atoms with van der Waals surface area (Å²) in [5, 5.41) is 1.47. The molecule has 4 aromatic rings. The van der Waals surface area contributed by atoms with Crippen LogP contribution in [-0.2, 0) is 16.4 Å². The van der Waals surface area contributed by atoms with Crippen molar-refractivity contribution in [2.24, 2.45) is 0 Å². The molecule has 0 aliphatic heterocycles. The molecule has 2 atom stereocenters. The summed E-state index contributed by atoms with van der Waals surface area (Å²) in [7, 11) is -1.38. The van der Waals surface area contributed by atoms with Gasteiger partial charge in [0.05, 0.1) is 32.9 Å². The molecular weight excluding hydrogens is 537 g/mol. The number of nitrogens with zero attached hydrogens (tertiary/aromatic N) is 1. The maximum absolute atomic E-state index is 13.7. The molecule has 0 saturated heterocycles. The number of nitrogens with one attached hydrogen (secondary N) is 1. The van der Waals surface area contributed by atoms with Crippen LogP contribution in [0.5, 0.6) is 0 Å². The third-order valence-corrected chi connectivity index (χ3v) is 9.47. The zero-order valence-corrected chi connectivity index (χ0v) is 23.5. The van der Waals surface area contributed by atoms with Gasteiger partial charge in [-0.1, -0.05) is 48.0 Å².